The molecule has 1 aliphatic rings. The fourth-order valence-electron chi connectivity index (χ4n) is 3.03. The van der Waals surface area contributed by atoms with E-state index in [4.69, 9.17) is 5.73 Å². The average molecular weight is 287 g/mol. The molecule has 112 valence electrons. The van der Waals surface area contributed by atoms with Gasteiger partial charge in [0.2, 0.25) is 0 Å². The Labute approximate surface area is 116 Å². The van der Waals surface area contributed by atoms with Crippen LogP contribution in [0.2, 0.25) is 0 Å². The largest absolute Gasteiger partial charge is 0.416 e. The first-order chi connectivity index (χ1) is 9.29. The van der Waals surface area contributed by atoms with Crippen LogP contribution < -0.4 is 5.73 Å². The molecule has 0 heterocycles. The number of anilines is 1. The van der Waals surface area contributed by atoms with Gasteiger partial charge in [0, 0.05) is 11.3 Å². The monoisotopic (exact) mass is 287 g/mol. The SMILES string of the molecule is CC1CCCC(C(O)c2cc(C(F)(F)F)ccc2N)C1. The lowest BCUT2D eigenvalue weighted by atomic mass is 9.77. The van der Waals surface area contributed by atoms with Gasteiger partial charge in [-0.25, -0.2) is 0 Å². The third-order valence-corrected chi connectivity index (χ3v) is 4.16. The van der Waals surface area contributed by atoms with E-state index in [1.807, 2.05) is 0 Å². The van der Waals surface area contributed by atoms with Crippen molar-refractivity contribution in [1.29, 1.82) is 0 Å². The summed E-state index contributed by atoms with van der Waals surface area (Å²) in [5, 5.41) is 10.4. The maximum atomic E-state index is 12.7. The van der Waals surface area contributed by atoms with Gasteiger partial charge in [-0.05, 0) is 42.9 Å². The molecule has 0 saturated heterocycles. The van der Waals surface area contributed by atoms with Gasteiger partial charge in [-0.3, -0.25) is 0 Å². The maximum absolute atomic E-state index is 12.7. The van der Waals surface area contributed by atoms with E-state index in [-0.39, 0.29) is 17.2 Å². The number of benzene rings is 1. The molecule has 1 fully saturated rings. The van der Waals surface area contributed by atoms with E-state index in [9.17, 15) is 18.3 Å². The highest BCUT2D eigenvalue weighted by Gasteiger charge is 2.33. The van der Waals surface area contributed by atoms with Crippen molar-refractivity contribution in [3.05, 3.63) is 29.3 Å². The fourth-order valence-corrected chi connectivity index (χ4v) is 3.03. The van der Waals surface area contributed by atoms with E-state index in [0.29, 0.717) is 5.92 Å². The molecule has 0 bridgehead atoms. The standard InChI is InChI=1S/C15H20F3NO/c1-9-3-2-4-10(7-9)14(20)12-8-11(15(16,17)18)5-6-13(12)19/h5-6,8-10,14,20H,2-4,7,19H2,1H3. The van der Waals surface area contributed by atoms with Gasteiger partial charge in [0.1, 0.15) is 0 Å². The Morgan fingerprint density at radius 2 is 2.00 bits per heavy atom. The Bertz CT molecular complexity index is 473. The Morgan fingerprint density at radius 1 is 1.30 bits per heavy atom. The zero-order valence-electron chi connectivity index (χ0n) is 11.5. The predicted octanol–water partition coefficient (Wildman–Crippen LogP) is 4.15. The van der Waals surface area contributed by atoms with Crippen LogP contribution in [0.3, 0.4) is 0 Å². The van der Waals surface area contributed by atoms with Crippen LogP contribution in [0.15, 0.2) is 18.2 Å². The Kier molecular flexibility index (Phi) is 4.28. The van der Waals surface area contributed by atoms with Gasteiger partial charge >= 0.3 is 6.18 Å². The van der Waals surface area contributed by atoms with E-state index in [1.54, 1.807) is 0 Å². The minimum atomic E-state index is -4.41. The third-order valence-electron chi connectivity index (χ3n) is 4.16. The van der Waals surface area contributed by atoms with Crippen molar-refractivity contribution >= 4 is 5.69 Å². The number of halogens is 3. The maximum Gasteiger partial charge on any atom is 0.416 e. The van der Waals surface area contributed by atoms with Crippen LogP contribution >= 0.6 is 0 Å². The lowest BCUT2D eigenvalue weighted by molar-refractivity contribution is -0.137. The number of rotatable bonds is 2. The Morgan fingerprint density at radius 3 is 2.60 bits per heavy atom. The second kappa shape index (κ2) is 5.64. The van der Waals surface area contributed by atoms with Gasteiger partial charge in [-0.15, -0.1) is 0 Å². The number of hydrogen-bond acceptors (Lipinski definition) is 2. The molecule has 1 aromatic carbocycles. The van der Waals surface area contributed by atoms with Gasteiger partial charge in [-0.1, -0.05) is 19.8 Å². The van der Waals surface area contributed by atoms with E-state index in [2.05, 4.69) is 6.92 Å². The first-order valence-corrected chi connectivity index (χ1v) is 6.93. The molecule has 1 saturated carbocycles. The van der Waals surface area contributed by atoms with Crippen LogP contribution in [0, 0.1) is 11.8 Å². The molecule has 3 N–H and O–H groups in total. The molecule has 2 rings (SSSR count). The zero-order chi connectivity index (χ0) is 14.9. The van der Waals surface area contributed by atoms with Gasteiger partial charge < -0.3 is 10.8 Å². The van der Waals surface area contributed by atoms with Crippen molar-refractivity contribution in [3.63, 3.8) is 0 Å². The van der Waals surface area contributed by atoms with E-state index < -0.39 is 17.8 Å². The molecule has 20 heavy (non-hydrogen) atoms. The highest BCUT2D eigenvalue weighted by molar-refractivity contribution is 5.50. The minimum absolute atomic E-state index is 0.00969. The number of aliphatic hydroxyl groups is 1. The van der Waals surface area contributed by atoms with Crippen LogP contribution in [0.25, 0.3) is 0 Å². The topological polar surface area (TPSA) is 46.2 Å². The van der Waals surface area contributed by atoms with Crippen molar-refractivity contribution in [3.8, 4) is 0 Å². The summed E-state index contributed by atoms with van der Waals surface area (Å²) in [6, 6.07) is 3.17. The first kappa shape index (κ1) is 15.2. The smallest absolute Gasteiger partial charge is 0.398 e. The first-order valence-electron chi connectivity index (χ1n) is 6.93. The third kappa shape index (κ3) is 3.26. The molecule has 1 aliphatic carbocycles. The molecular formula is C15H20F3NO. The molecule has 2 nitrogen and oxygen atoms in total. The van der Waals surface area contributed by atoms with E-state index in [0.717, 1.165) is 37.8 Å². The Hall–Kier alpha value is -1.23. The second-order valence-electron chi connectivity index (χ2n) is 5.82. The minimum Gasteiger partial charge on any atom is -0.398 e. The highest BCUT2D eigenvalue weighted by Crippen LogP contribution is 2.40. The summed E-state index contributed by atoms with van der Waals surface area (Å²) in [5.41, 5.74) is 5.42. The van der Waals surface area contributed by atoms with Gasteiger partial charge in [0.15, 0.2) is 0 Å². The summed E-state index contributed by atoms with van der Waals surface area (Å²) >= 11 is 0. The van der Waals surface area contributed by atoms with E-state index >= 15 is 0 Å². The number of aliphatic hydroxyl groups excluding tert-OH is 1. The summed E-state index contributed by atoms with van der Waals surface area (Å²) in [6.07, 6.45) is -1.55. The summed E-state index contributed by atoms with van der Waals surface area (Å²) in [4.78, 5) is 0. The van der Waals surface area contributed by atoms with Crippen LogP contribution in [-0.2, 0) is 6.18 Å². The van der Waals surface area contributed by atoms with Gasteiger partial charge in [-0.2, -0.15) is 13.2 Å². The summed E-state index contributed by atoms with van der Waals surface area (Å²) in [6.45, 7) is 2.11. The van der Waals surface area contributed by atoms with Crippen molar-refractivity contribution in [2.75, 3.05) is 5.73 Å². The molecule has 0 aliphatic heterocycles. The predicted molar refractivity (Wildman–Crippen MR) is 71.9 cm³/mol. The van der Waals surface area contributed by atoms with Gasteiger partial charge in [0.05, 0.1) is 11.7 Å². The number of nitrogen functional groups attached to an aromatic ring is 1. The molecule has 0 aromatic heterocycles. The lowest BCUT2D eigenvalue weighted by Gasteiger charge is -2.31. The van der Waals surface area contributed by atoms with Crippen molar-refractivity contribution < 1.29 is 18.3 Å². The van der Waals surface area contributed by atoms with Crippen LogP contribution in [-0.4, -0.2) is 5.11 Å². The van der Waals surface area contributed by atoms with Crippen LogP contribution in [0.5, 0.6) is 0 Å². The molecule has 0 spiro atoms. The molecule has 3 unspecified atom stereocenters. The quantitative estimate of drug-likeness (QED) is 0.803. The number of nitrogens with two attached hydrogens (primary N) is 1. The highest BCUT2D eigenvalue weighted by atomic mass is 19.4. The van der Waals surface area contributed by atoms with Crippen molar-refractivity contribution in [2.24, 2.45) is 11.8 Å². The summed E-state index contributed by atoms with van der Waals surface area (Å²) < 4.78 is 38.2. The lowest BCUT2D eigenvalue weighted by Crippen LogP contribution is -2.21. The number of hydrogen-bond donors (Lipinski definition) is 2. The molecule has 5 heteroatoms. The van der Waals surface area contributed by atoms with E-state index in [1.165, 1.54) is 6.07 Å². The molecule has 1 aromatic rings. The normalized spacial score (nSPS) is 25.4. The summed E-state index contributed by atoms with van der Waals surface area (Å²) in [7, 11) is 0. The number of alkyl halides is 3. The van der Waals surface area contributed by atoms with Crippen LogP contribution in [0.4, 0.5) is 18.9 Å². The fraction of sp³-hybridized carbons (Fsp3) is 0.600. The molecule has 3 atom stereocenters. The summed E-state index contributed by atoms with van der Waals surface area (Å²) in [5.74, 6) is 0.486. The molecule has 0 radical (unpaired) electrons. The zero-order valence-corrected chi connectivity index (χ0v) is 11.5. The van der Waals surface area contributed by atoms with Crippen molar-refractivity contribution in [1.82, 2.24) is 0 Å². The average Bonchev–Trinajstić information content (AvgIpc) is 2.37. The van der Waals surface area contributed by atoms with Crippen LogP contribution in [0.1, 0.15) is 49.8 Å². The second-order valence-corrected chi connectivity index (χ2v) is 5.82. The molecular weight excluding hydrogens is 267 g/mol. The Balaban J connectivity index is 2.26. The molecule has 0 amide bonds. The van der Waals surface area contributed by atoms with Gasteiger partial charge in [0.25, 0.3) is 0 Å². The van der Waals surface area contributed by atoms with Crippen molar-refractivity contribution in [2.45, 2.75) is 44.9 Å².